The maximum absolute atomic E-state index is 11.5. The summed E-state index contributed by atoms with van der Waals surface area (Å²) in [5.74, 6) is -1.07. The van der Waals surface area contributed by atoms with Crippen molar-refractivity contribution in [1.82, 2.24) is 14.8 Å². The maximum Gasteiger partial charge on any atom is 0.337 e. The molecule has 132 valence electrons. The molecule has 2 aromatic heterocycles. The first-order valence-corrected chi connectivity index (χ1v) is 8.60. The van der Waals surface area contributed by atoms with E-state index in [0.717, 1.165) is 16.8 Å². The molecule has 4 rings (SSSR count). The second-order valence-corrected chi connectivity index (χ2v) is 6.26. The second-order valence-electron chi connectivity index (χ2n) is 5.88. The van der Waals surface area contributed by atoms with Crippen LogP contribution in [0.25, 0.3) is 28.1 Å². The molecule has 4 aromatic rings. The van der Waals surface area contributed by atoms with Crippen LogP contribution >= 0.6 is 11.6 Å². The molecule has 0 aliphatic heterocycles. The van der Waals surface area contributed by atoms with Crippen LogP contribution in [-0.4, -0.2) is 25.8 Å². The first-order chi connectivity index (χ1) is 13.1. The molecule has 5 nitrogen and oxygen atoms in total. The minimum Gasteiger partial charge on any atom is -0.478 e. The molecule has 0 spiro atoms. The van der Waals surface area contributed by atoms with E-state index in [1.807, 2.05) is 48.7 Å². The van der Waals surface area contributed by atoms with Gasteiger partial charge in [0, 0.05) is 35.3 Å². The molecule has 0 atom stereocenters. The number of carboxylic acid groups (broad SMARTS) is 1. The fourth-order valence-corrected chi connectivity index (χ4v) is 3.22. The van der Waals surface area contributed by atoms with Crippen molar-refractivity contribution in [3.63, 3.8) is 0 Å². The van der Waals surface area contributed by atoms with Crippen LogP contribution < -0.4 is 0 Å². The number of nitrogens with zero attached hydrogens (tertiary/aromatic N) is 3. The number of aromatic nitrogens is 3. The number of hydrogen-bond acceptors (Lipinski definition) is 3. The zero-order chi connectivity index (χ0) is 18.8. The summed E-state index contributed by atoms with van der Waals surface area (Å²) < 4.78 is 1.76. The lowest BCUT2D eigenvalue weighted by atomic mass is 10.0. The molecule has 1 N–H and O–H groups in total. The number of rotatable bonds is 4. The molecule has 6 heteroatoms. The first-order valence-electron chi connectivity index (χ1n) is 8.23. The molecule has 0 unspecified atom stereocenters. The number of carboxylic acids is 1. The monoisotopic (exact) mass is 375 g/mol. The Kier molecular flexibility index (Phi) is 4.44. The van der Waals surface area contributed by atoms with Gasteiger partial charge >= 0.3 is 5.97 Å². The van der Waals surface area contributed by atoms with E-state index in [4.69, 9.17) is 16.7 Å². The number of pyridine rings is 1. The Morgan fingerprint density at radius 2 is 1.67 bits per heavy atom. The average molecular weight is 376 g/mol. The van der Waals surface area contributed by atoms with Crippen LogP contribution in [0.2, 0.25) is 5.02 Å². The van der Waals surface area contributed by atoms with Gasteiger partial charge in [-0.3, -0.25) is 4.98 Å². The zero-order valence-electron chi connectivity index (χ0n) is 14.1. The highest BCUT2D eigenvalue weighted by Crippen LogP contribution is 2.37. The van der Waals surface area contributed by atoms with Gasteiger partial charge in [0.25, 0.3) is 0 Å². The summed E-state index contributed by atoms with van der Waals surface area (Å²) in [6.45, 7) is 0. The van der Waals surface area contributed by atoms with Crippen molar-refractivity contribution in [2.75, 3.05) is 0 Å². The molecular weight excluding hydrogens is 362 g/mol. The topological polar surface area (TPSA) is 68.0 Å². The van der Waals surface area contributed by atoms with Gasteiger partial charge in [-0.1, -0.05) is 41.9 Å². The molecule has 2 heterocycles. The van der Waals surface area contributed by atoms with Crippen molar-refractivity contribution in [3.8, 4) is 28.1 Å². The number of para-hydroxylation sites is 1. The van der Waals surface area contributed by atoms with Crippen molar-refractivity contribution in [1.29, 1.82) is 0 Å². The summed E-state index contributed by atoms with van der Waals surface area (Å²) >= 11 is 6.42. The smallest absolute Gasteiger partial charge is 0.337 e. The highest BCUT2D eigenvalue weighted by molar-refractivity contribution is 6.36. The van der Waals surface area contributed by atoms with Crippen molar-refractivity contribution in [3.05, 3.63) is 89.8 Å². The van der Waals surface area contributed by atoms with Gasteiger partial charge in [-0.05, 0) is 30.3 Å². The fourth-order valence-electron chi connectivity index (χ4n) is 2.91. The highest BCUT2D eigenvalue weighted by atomic mass is 35.5. The van der Waals surface area contributed by atoms with E-state index in [1.54, 1.807) is 29.2 Å². The number of carbonyl (C=O) groups is 1. The van der Waals surface area contributed by atoms with Gasteiger partial charge in [0.1, 0.15) is 5.69 Å². The van der Waals surface area contributed by atoms with E-state index in [-0.39, 0.29) is 10.6 Å². The van der Waals surface area contributed by atoms with Gasteiger partial charge < -0.3 is 5.11 Å². The van der Waals surface area contributed by atoms with Crippen LogP contribution in [0, 0.1) is 0 Å². The van der Waals surface area contributed by atoms with Gasteiger partial charge in [-0.15, -0.1) is 0 Å². The Hall–Kier alpha value is -3.44. The van der Waals surface area contributed by atoms with Gasteiger partial charge in [0.05, 0.1) is 16.3 Å². The lowest BCUT2D eigenvalue weighted by Crippen LogP contribution is -1.98. The number of halogens is 1. The van der Waals surface area contributed by atoms with Crippen molar-refractivity contribution in [2.45, 2.75) is 0 Å². The van der Waals surface area contributed by atoms with Gasteiger partial charge in [0.15, 0.2) is 0 Å². The molecule has 0 amide bonds. The van der Waals surface area contributed by atoms with Crippen LogP contribution in [0.1, 0.15) is 10.4 Å². The lowest BCUT2D eigenvalue weighted by molar-refractivity contribution is 0.0697. The Morgan fingerprint density at radius 3 is 2.37 bits per heavy atom. The van der Waals surface area contributed by atoms with E-state index < -0.39 is 5.97 Å². The van der Waals surface area contributed by atoms with E-state index >= 15 is 0 Å². The van der Waals surface area contributed by atoms with Gasteiger partial charge in [0.2, 0.25) is 0 Å². The van der Waals surface area contributed by atoms with Crippen LogP contribution in [-0.2, 0) is 0 Å². The molecule has 27 heavy (non-hydrogen) atoms. The molecule has 0 aliphatic carbocycles. The Balaban J connectivity index is 1.96. The number of hydrogen-bond donors (Lipinski definition) is 1. The van der Waals surface area contributed by atoms with Crippen molar-refractivity contribution >= 4 is 17.6 Å². The van der Waals surface area contributed by atoms with Gasteiger partial charge in [-0.2, -0.15) is 5.10 Å². The maximum atomic E-state index is 11.5. The molecule has 2 aromatic carbocycles. The third kappa shape index (κ3) is 3.20. The van der Waals surface area contributed by atoms with Crippen molar-refractivity contribution in [2.24, 2.45) is 0 Å². The quantitative estimate of drug-likeness (QED) is 0.547. The molecule has 0 fully saturated rings. The van der Waals surface area contributed by atoms with Crippen LogP contribution in [0.3, 0.4) is 0 Å². The minimum atomic E-state index is -1.07. The average Bonchev–Trinajstić information content (AvgIpc) is 3.14. The zero-order valence-corrected chi connectivity index (χ0v) is 14.8. The van der Waals surface area contributed by atoms with Crippen molar-refractivity contribution < 1.29 is 9.90 Å². The normalized spacial score (nSPS) is 10.7. The molecule has 0 bridgehead atoms. The summed E-state index contributed by atoms with van der Waals surface area (Å²) in [6, 6.07) is 18.4. The molecular formula is C21H14ClN3O2. The first kappa shape index (κ1) is 17.0. The Labute approximate surface area is 160 Å². The van der Waals surface area contributed by atoms with E-state index in [0.29, 0.717) is 11.3 Å². The van der Waals surface area contributed by atoms with E-state index in [9.17, 15) is 9.90 Å². The SMILES string of the molecule is O=C(O)c1cccc(-c2cn(-c3ccccc3)nc2-c2ccncc2)c1Cl. The summed E-state index contributed by atoms with van der Waals surface area (Å²) in [4.78, 5) is 15.5. The Morgan fingerprint density at radius 1 is 0.926 bits per heavy atom. The summed E-state index contributed by atoms with van der Waals surface area (Å²) in [5, 5.41) is 14.3. The van der Waals surface area contributed by atoms with Crippen LogP contribution in [0.4, 0.5) is 0 Å². The number of benzene rings is 2. The number of aromatic carboxylic acids is 1. The van der Waals surface area contributed by atoms with Crippen LogP contribution in [0.15, 0.2) is 79.3 Å². The van der Waals surface area contributed by atoms with E-state index in [2.05, 4.69) is 4.98 Å². The molecule has 0 aliphatic rings. The molecule has 0 saturated carbocycles. The van der Waals surface area contributed by atoms with E-state index in [1.165, 1.54) is 6.07 Å². The van der Waals surface area contributed by atoms with Gasteiger partial charge in [-0.25, -0.2) is 9.48 Å². The third-order valence-corrected chi connectivity index (χ3v) is 4.62. The minimum absolute atomic E-state index is 0.0577. The Bertz CT molecular complexity index is 1110. The fraction of sp³-hybridized carbons (Fsp3) is 0. The summed E-state index contributed by atoms with van der Waals surface area (Å²) in [5.41, 5.74) is 3.88. The lowest BCUT2D eigenvalue weighted by Gasteiger charge is -2.07. The standard InChI is InChI=1S/C21H14ClN3O2/c22-19-16(7-4-8-17(19)21(26)27)18-13-25(15-5-2-1-3-6-15)24-20(18)14-9-11-23-12-10-14/h1-13H,(H,26,27). The summed E-state index contributed by atoms with van der Waals surface area (Å²) in [7, 11) is 0. The third-order valence-electron chi connectivity index (χ3n) is 4.21. The van der Waals surface area contributed by atoms with Crippen LogP contribution in [0.5, 0.6) is 0 Å². The summed E-state index contributed by atoms with van der Waals surface area (Å²) in [6.07, 6.45) is 5.24. The molecule has 0 saturated heterocycles. The largest absolute Gasteiger partial charge is 0.478 e. The predicted octanol–water partition coefficient (Wildman–Crippen LogP) is 4.95. The molecule has 0 radical (unpaired) electrons. The predicted molar refractivity (Wildman–Crippen MR) is 104 cm³/mol. The second kappa shape index (κ2) is 7.05. The highest BCUT2D eigenvalue weighted by Gasteiger charge is 2.19.